The van der Waals surface area contributed by atoms with Crippen molar-refractivity contribution in [2.45, 2.75) is 63.3 Å². The summed E-state index contributed by atoms with van der Waals surface area (Å²) in [7, 11) is 1.82. The number of carbonyl (C=O) groups is 1. The second kappa shape index (κ2) is 11.2. The number of fused-ring (bicyclic) bond motifs is 4. The Balaban J connectivity index is 1.57. The highest BCUT2D eigenvalue weighted by molar-refractivity contribution is 7.98. The molecular weight excluding hydrogens is 630 g/mol. The molecule has 1 amide bonds. The Hall–Kier alpha value is -3.77. The molecule has 3 aromatic heterocycles. The van der Waals surface area contributed by atoms with Gasteiger partial charge in [0, 0.05) is 35.5 Å². The maximum Gasteiger partial charge on any atom is 0.412 e. The van der Waals surface area contributed by atoms with Crippen molar-refractivity contribution in [2.75, 3.05) is 42.8 Å². The molecule has 2 aliphatic rings. The van der Waals surface area contributed by atoms with Crippen molar-refractivity contribution in [3.63, 3.8) is 0 Å². The lowest BCUT2D eigenvalue weighted by Gasteiger charge is -2.30. The Labute approximate surface area is 274 Å². The third kappa shape index (κ3) is 5.38. The number of nitrogens with zero attached hydrogens (tertiary/aromatic N) is 6. The standard InChI is InChI=1S/C32H36FN7O4S2/c1-30(2,3)44-29(41)37-27-17(13-34)19-16(9-10-18(33)24(19)46-27)23-21-22(38-39(23)7)20-25(31(21,4)5)35-28(45-8)36-26(20)40-11-12-43-15-32(6,42)14-40/h9-10,42H,11-12,14-15H2,1-8H3,(H,37,41)/t32-/m0/s1. The highest BCUT2D eigenvalue weighted by atomic mass is 32.2. The molecule has 1 aliphatic carbocycles. The van der Waals surface area contributed by atoms with Crippen LogP contribution in [0.1, 0.15) is 58.4 Å². The third-order valence-electron chi connectivity index (χ3n) is 8.07. The average Bonchev–Trinajstić information content (AvgIpc) is 3.51. The van der Waals surface area contributed by atoms with E-state index in [2.05, 4.69) is 25.2 Å². The third-order valence-corrected chi connectivity index (χ3v) is 9.74. The first-order valence-corrected chi connectivity index (χ1v) is 16.9. The zero-order chi connectivity index (χ0) is 33.3. The van der Waals surface area contributed by atoms with E-state index < -0.39 is 28.5 Å². The Morgan fingerprint density at radius 2 is 2.02 bits per heavy atom. The first-order chi connectivity index (χ1) is 21.6. The molecule has 0 saturated carbocycles. The fourth-order valence-corrected chi connectivity index (χ4v) is 7.71. The molecule has 0 radical (unpaired) electrons. The number of thioether (sulfide) groups is 1. The second-order valence-corrected chi connectivity index (χ2v) is 15.2. The van der Waals surface area contributed by atoms with Crippen molar-refractivity contribution in [3.05, 3.63) is 34.8 Å². The molecule has 4 heterocycles. The van der Waals surface area contributed by atoms with Crippen LogP contribution in [0.25, 0.3) is 32.6 Å². The number of ether oxygens (including phenoxy) is 2. The Morgan fingerprint density at radius 1 is 1.28 bits per heavy atom. The van der Waals surface area contributed by atoms with Gasteiger partial charge in [0.25, 0.3) is 0 Å². The van der Waals surface area contributed by atoms with Crippen LogP contribution in [-0.4, -0.2) is 74.7 Å². The number of anilines is 2. The summed E-state index contributed by atoms with van der Waals surface area (Å²) in [5.41, 5.74) is 2.04. The van der Waals surface area contributed by atoms with Crippen molar-refractivity contribution in [1.29, 1.82) is 5.26 Å². The average molecular weight is 666 g/mol. The first-order valence-electron chi connectivity index (χ1n) is 14.8. The number of amides is 1. The maximum absolute atomic E-state index is 15.4. The molecule has 0 spiro atoms. The molecule has 14 heteroatoms. The van der Waals surface area contributed by atoms with Gasteiger partial charge >= 0.3 is 6.09 Å². The number of nitrogens with one attached hydrogen (secondary N) is 1. The van der Waals surface area contributed by atoms with Crippen LogP contribution >= 0.6 is 23.1 Å². The van der Waals surface area contributed by atoms with Crippen LogP contribution in [0.2, 0.25) is 0 Å². The normalized spacial score (nSPS) is 19.0. The van der Waals surface area contributed by atoms with Crippen molar-refractivity contribution >= 4 is 50.1 Å². The van der Waals surface area contributed by atoms with Crippen molar-refractivity contribution in [2.24, 2.45) is 7.05 Å². The molecule has 1 fully saturated rings. The van der Waals surface area contributed by atoms with E-state index in [1.54, 1.807) is 38.4 Å². The minimum Gasteiger partial charge on any atom is -0.444 e. The van der Waals surface area contributed by atoms with E-state index in [-0.39, 0.29) is 21.9 Å². The Kier molecular flexibility index (Phi) is 7.83. The molecule has 242 valence electrons. The van der Waals surface area contributed by atoms with Crippen LogP contribution in [0.5, 0.6) is 0 Å². The molecule has 1 atom stereocenters. The van der Waals surface area contributed by atoms with E-state index in [0.29, 0.717) is 53.0 Å². The van der Waals surface area contributed by atoms with Crippen LogP contribution in [-0.2, 0) is 21.9 Å². The predicted molar refractivity (Wildman–Crippen MR) is 177 cm³/mol. The molecule has 6 rings (SSSR count). The minimum atomic E-state index is -1.09. The van der Waals surface area contributed by atoms with Gasteiger partial charge in [-0.25, -0.2) is 19.2 Å². The smallest absolute Gasteiger partial charge is 0.412 e. The summed E-state index contributed by atoms with van der Waals surface area (Å²) in [5.74, 6) is 0.157. The number of hydrogen-bond acceptors (Lipinski definition) is 11. The number of benzene rings is 1. The van der Waals surface area contributed by atoms with Crippen LogP contribution in [0.15, 0.2) is 17.3 Å². The van der Waals surface area contributed by atoms with Gasteiger partial charge in [-0.15, -0.1) is 11.3 Å². The Bertz CT molecular complexity index is 1940. The summed E-state index contributed by atoms with van der Waals surface area (Å²) in [6, 6.07) is 5.23. The summed E-state index contributed by atoms with van der Waals surface area (Å²) in [5, 5.41) is 30.2. The van der Waals surface area contributed by atoms with Crippen molar-refractivity contribution in [1.82, 2.24) is 19.7 Å². The summed E-state index contributed by atoms with van der Waals surface area (Å²) >= 11 is 2.42. The quantitative estimate of drug-likeness (QED) is 0.195. The van der Waals surface area contributed by atoms with Crippen LogP contribution in [0.4, 0.5) is 20.0 Å². The minimum absolute atomic E-state index is 0.139. The zero-order valence-electron chi connectivity index (χ0n) is 27.0. The number of thiophene rings is 1. The van der Waals surface area contributed by atoms with Gasteiger partial charge in [0.2, 0.25) is 0 Å². The second-order valence-electron chi connectivity index (χ2n) is 13.4. The molecule has 1 aliphatic heterocycles. The van der Waals surface area contributed by atoms with E-state index >= 15 is 4.39 Å². The van der Waals surface area contributed by atoms with Gasteiger partial charge in [-0.2, -0.15) is 10.4 Å². The SMILES string of the molecule is CSc1nc(N2CCOC[C@@](C)(O)C2)c2c(n1)C(C)(C)c1c-2nn(C)c1-c1ccc(F)c2sc(NC(=O)OC(C)(C)C)c(C#N)c12. The molecule has 1 saturated heterocycles. The monoisotopic (exact) mass is 665 g/mol. The largest absolute Gasteiger partial charge is 0.444 e. The van der Waals surface area contributed by atoms with Gasteiger partial charge in [-0.1, -0.05) is 11.8 Å². The fraction of sp³-hybridized carbons (Fsp3) is 0.469. The van der Waals surface area contributed by atoms with E-state index in [1.165, 1.54) is 17.8 Å². The number of aliphatic hydroxyl groups is 1. The van der Waals surface area contributed by atoms with Gasteiger partial charge in [0.1, 0.15) is 39.6 Å². The van der Waals surface area contributed by atoms with Crippen LogP contribution in [0, 0.1) is 17.1 Å². The number of halogens is 1. The summed E-state index contributed by atoms with van der Waals surface area (Å²) in [6.07, 6.45) is 1.19. The van der Waals surface area contributed by atoms with Gasteiger partial charge in [-0.05, 0) is 59.9 Å². The number of carbonyl (C=O) groups excluding carboxylic acids is 1. The number of nitriles is 1. The van der Waals surface area contributed by atoms with E-state index in [1.807, 2.05) is 18.2 Å². The van der Waals surface area contributed by atoms with E-state index in [0.717, 1.165) is 28.2 Å². The molecule has 4 aromatic rings. The maximum atomic E-state index is 15.4. The Morgan fingerprint density at radius 3 is 2.70 bits per heavy atom. The summed E-state index contributed by atoms with van der Waals surface area (Å²) < 4.78 is 28.5. The fourth-order valence-electron chi connectivity index (χ4n) is 6.28. The van der Waals surface area contributed by atoms with Crippen LogP contribution in [0.3, 0.4) is 0 Å². The summed E-state index contributed by atoms with van der Waals surface area (Å²) in [6.45, 7) is 12.6. The lowest BCUT2D eigenvalue weighted by Crippen LogP contribution is -2.42. The molecule has 0 unspecified atom stereocenters. The van der Waals surface area contributed by atoms with Gasteiger partial charge < -0.3 is 19.5 Å². The molecule has 0 bridgehead atoms. The predicted octanol–water partition coefficient (Wildman–Crippen LogP) is 6.07. The lowest BCUT2D eigenvalue weighted by molar-refractivity contribution is -0.0123. The highest BCUT2D eigenvalue weighted by Gasteiger charge is 2.46. The number of aryl methyl sites for hydroxylation is 1. The molecule has 46 heavy (non-hydrogen) atoms. The van der Waals surface area contributed by atoms with Crippen molar-refractivity contribution < 1.29 is 23.8 Å². The van der Waals surface area contributed by atoms with E-state index in [9.17, 15) is 15.2 Å². The molecular formula is C32H36FN7O4S2. The molecule has 11 nitrogen and oxygen atoms in total. The van der Waals surface area contributed by atoms with Crippen molar-refractivity contribution in [3.8, 4) is 28.6 Å². The van der Waals surface area contributed by atoms with Gasteiger partial charge in [0.05, 0.1) is 47.0 Å². The molecule has 2 N–H and O–H groups in total. The topological polar surface area (TPSA) is 138 Å². The highest BCUT2D eigenvalue weighted by Crippen LogP contribution is 2.55. The first kappa shape index (κ1) is 32.2. The summed E-state index contributed by atoms with van der Waals surface area (Å²) in [4.78, 5) is 24.6. The lowest BCUT2D eigenvalue weighted by atomic mass is 9.83. The van der Waals surface area contributed by atoms with Crippen LogP contribution < -0.4 is 10.2 Å². The number of aromatic nitrogens is 4. The number of hydrogen-bond donors (Lipinski definition) is 2. The van der Waals surface area contributed by atoms with Gasteiger partial charge in [-0.3, -0.25) is 10.00 Å². The molecule has 1 aromatic carbocycles. The zero-order valence-corrected chi connectivity index (χ0v) is 28.7. The number of β-amino-alcohol motifs (C(OH)–C–C–N with tert-alkyl or cyclic N) is 1. The van der Waals surface area contributed by atoms with E-state index in [4.69, 9.17) is 24.5 Å². The van der Waals surface area contributed by atoms with Gasteiger partial charge in [0.15, 0.2) is 5.16 Å². The number of rotatable bonds is 4.